The third kappa shape index (κ3) is 7.37. The van der Waals surface area contributed by atoms with E-state index in [4.69, 9.17) is 5.26 Å². The number of hydrogen-bond donors (Lipinski definition) is 0. The van der Waals surface area contributed by atoms with E-state index >= 15 is 0 Å². The first-order valence-corrected chi connectivity index (χ1v) is 10.5. The molecule has 0 radical (unpaired) electrons. The molecule has 0 aromatic carbocycles. The maximum atomic E-state index is 11.1. The van der Waals surface area contributed by atoms with Crippen molar-refractivity contribution in [2.24, 2.45) is 23.2 Å². The molecule has 0 amide bonds. The molecule has 2 nitrogen and oxygen atoms in total. The Bertz CT molecular complexity index is 378. The topological polar surface area (TPSA) is 40.9 Å². The minimum atomic E-state index is -0.771. The van der Waals surface area contributed by atoms with Gasteiger partial charge >= 0.3 is 0 Å². The van der Waals surface area contributed by atoms with Gasteiger partial charge in [0.15, 0.2) is 0 Å². The summed E-state index contributed by atoms with van der Waals surface area (Å²) in [5.74, 6) is 2.68. The van der Waals surface area contributed by atoms with E-state index in [-0.39, 0.29) is 0 Å². The quantitative estimate of drug-likeness (QED) is 0.373. The van der Waals surface area contributed by atoms with E-state index in [1.54, 1.807) is 6.92 Å². The van der Waals surface area contributed by atoms with Crippen molar-refractivity contribution in [2.75, 3.05) is 0 Å². The van der Waals surface area contributed by atoms with Crippen molar-refractivity contribution in [3.63, 3.8) is 0 Å². The van der Waals surface area contributed by atoms with Crippen LogP contribution in [0.4, 0.5) is 0 Å². The van der Waals surface area contributed by atoms with E-state index in [1.165, 1.54) is 70.6 Å². The maximum Gasteiger partial charge on any atom is 0.139 e. The van der Waals surface area contributed by atoms with Gasteiger partial charge in [-0.2, -0.15) is 5.26 Å². The summed E-state index contributed by atoms with van der Waals surface area (Å²) in [7, 11) is 0. The molecule has 0 bridgehead atoms. The molecule has 0 aliphatic heterocycles. The van der Waals surface area contributed by atoms with Gasteiger partial charge in [0.2, 0.25) is 0 Å². The van der Waals surface area contributed by atoms with Crippen LogP contribution in [0.1, 0.15) is 104 Å². The minimum absolute atomic E-state index is 0.724. The third-order valence-corrected chi connectivity index (χ3v) is 6.24. The number of aldehydes is 1. The Hall–Kier alpha value is -0.840. The van der Waals surface area contributed by atoms with Gasteiger partial charge in [0, 0.05) is 0 Å². The van der Waals surface area contributed by atoms with Crippen LogP contribution in [-0.4, -0.2) is 6.29 Å². The summed E-state index contributed by atoms with van der Waals surface area (Å²) in [4.78, 5) is 11.1. The molecular weight excluding hydrogens is 294 g/mol. The van der Waals surface area contributed by atoms with Gasteiger partial charge in [-0.1, -0.05) is 78.1 Å². The Labute approximate surface area is 150 Å². The molecule has 2 unspecified atom stereocenters. The lowest BCUT2D eigenvalue weighted by Crippen LogP contribution is -2.23. The van der Waals surface area contributed by atoms with Crippen molar-refractivity contribution in [1.82, 2.24) is 0 Å². The number of nitrogens with zero attached hydrogens (tertiary/aromatic N) is 1. The van der Waals surface area contributed by atoms with Crippen molar-refractivity contribution in [3.8, 4) is 6.07 Å². The standard InChI is InChI=1S/C22H39NO/c1-4-6-9-19-12-14-21(15-13-19)20(10-7-5-2)11-8-16-22(3,17-23)18-24/h18-21H,4-16H2,1-3H3. The second-order valence-corrected chi connectivity index (χ2v) is 8.36. The number of carbonyl (C=O) groups excluding carboxylic acids is 1. The molecule has 2 atom stereocenters. The van der Waals surface area contributed by atoms with Crippen LogP contribution in [0.25, 0.3) is 0 Å². The summed E-state index contributed by atoms with van der Waals surface area (Å²) in [5, 5.41) is 9.16. The van der Waals surface area contributed by atoms with Crippen molar-refractivity contribution in [3.05, 3.63) is 0 Å². The Kier molecular flexibility index (Phi) is 10.3. The maximum absolute atomic E-state index is 11.1. The Morgan fingerprint density at radius 3 is 2.25 bits per heavy atom. The molecule has 138 valence electrons. The van der Waals surface area contributed by atoms with Crippen molar-refractivity contribution < 1.29 is 4.79 Å². The van der Waals surface area contributed by atoms with E-state index in [0.717, 1.165) is 36.9 Å². The minimum Gasteiger partial charge on any atom is -0.302 e. The molecule has 24 heavy (non-hydrogen) atoms. The largest absolute Gasteiger partial charge is 0.302 e. The highest BCUT2D eigenvalue weighted by atomic mass is 16.1. The molecule has 0 saturated heterocycles. The molecule has 1 saturated carbocycles. The number of hydrogen-bond acceptors (Lipinski definition) is 2. The Morgan fingerprint density at radius 2 is 1.71 bits per heavy atom. The number of unbranched alkanes of at least 4 members (excludes halogenated alkanes) is 2. The van der Waals surface area contributed by atoms with E-state index in [0.29, 0.717) is 0 Å². The fraction of sp³-hybridized carbons (Fsp3) is 0.909. The van der Waals surface area contributed by atoms with Crippen LogP contribution >= 0.6 is 0 Å². The van der Waals surface area contributed by atoms with Crippen molar-refractivity contribution in [1.29, 1.82) is 5.26 Å². The van der Waals surface area contributed by atoms with Crippen LogP contribution in [0.2, 0.25) is 0 Å². The zero-order valence-electron chi connectivity index (χ0n) is 16.4. The SMILES string of the molecule is CCCCC1CCC(C(CCCC)CCCC(C)(C#N)C=O)CC1. The predicted octanol–water partition coefficient (Wildman–Crippen LogP) is 6.69. The lowest BCUT2D eigenvalue weighted by atomic mass is 9.71. The smallest absolute Gasteiger partial charge is 0.139 e. The molecule has 0 N–H and O–H groups in total. The Balaban J connectivity index is 2.45. The van der Waals surface area contributed by atoms with Gasteiger partial charge in [-0.3, -0.25) is 0 Å². The van der Waals surface area contributed by atoms with Crippen LogP contribution in [0.3, 0.4) is 0 Å². The molecule has 0 spiro atoms. The van der Waals surface area contributed by atoms with Gasteiger partial charge in [-0.05, 0) is 43.9 Å². The molecule has 0 heterocycles. The zero-order valence-corrected chi connectivity index (χ0v) is 16.4. The van der Waals surface area contributed by atoms with Crippen LogP contribution in [-0.2, 0) is 4.79 Å². The third-order valence-electron chi connectivity index (χ3n) is 6.24. The summed E-state index contributed by atoms with van der Waals surface area (Å²) in [6, 6.07) is 2.18. The normalized spacial score (nSPS) is 24.8. The summed E-state index contributed by atoms with van der Waals surface area (Å²) in [6.07, 6.45) is 17.5. The average Bonchev–Trinajstić information content (AvgIpc) is 2.63. The lowest BCUT2D eigenvalue weighted by Gasteiger charge is -2.34. The summed E-state index contributed by atoms with van der Waals surface area (Å²) in [6.45, 7) is 6.35. The van der Waals surface area contributed by atoms with Gasteiger partial charge < -0.3 is 4.79 Å². The fourth-order valence-corrected chi connectivity index (χ4v) is 4.40. The second-order valence-electron chi connectivity index (χ2n) is 8.36. The van der Waals surface area contributed by atoms with Crippen LogP contribution in [0, 0.1) is 34.5 Å². The van der Waals surface area contributed by atoms with Crippen molar-refractivity contribution >= 4 is 6.29 Å². The van der Waals surface area contributed by atoms with Crippen LogP contribution in [0.5, 0.6) is 0 Å². The first-order chi connectivity index (χ1) is 11.6. The summed E-state index contributed by atoms with van der Waals surface area (Å²) in [5.41, 5.74) is -0.771. The molecule has 1 fully saturated rings. The van der Waals surface area contributed by atoms with E-state index in [2.05, 4.69) is 19.9 Å². The lowest BCUT2D eigenvalue weighted by molar-refractivity contribution is -0.113. The summed E-state index contributed by atoms with van der Waals surface area (Å²) < 4.78 is 0. The van der Waals surface area contributed by atoms with Gasteiger partial charge in [0.1, 0.15) is 11.7 Å². The number of carbonyl (C=O) groups is 1. The molecular formula is C22H39NO. The van der Waals surface area contributed by atoms with Crippen LogP contribution in [0.15, 0.2) is 0 Å². The molecule has 1 aliphatic carbocycles. The number of rotatable bonds is 12. The average molecular weight is 334 g/mol. The van der Waals surface area contributed by atoms with Crippen LogP contribution < -0.4 is 0 Å². The fourth-order valence-electron chi connectivity index (χ4n) is 4.40. The Morgan fingerprint density at radius 1 is 1.08 bits per heavy atom. The predicted molar refractivity (Wildman–Crippen MR) is 102 cm³/mol. The van der Waals surface area contributed by atoms with Gasteiger partial charge in [-0.15, -0.1) is 0 Å². The first kappa shape index (κ1) is 21.2. The molecule has 1 aliphatic rings. The van der Waals surface area contributed by atoms with E-state index < -0.39 is 5.41 Å². The van der Waals surface area contributed by atoms with E-state index in [9.17, 15) is 4.79 Å². The second kappa shape index (κ2) is 11.7. The number of nitriles is 1. The van der Waals surface area contributed by atoms with Gasteiger partial charge in [0.05, 0.1) is 6.07 Å². The molecule has 2 heteroatoms. The summed E-state index contributed by atoms with van der Waals surface area (Å²) >= 11 is 0. The molecule has 1 rings (SSSR count). The first-order valence-electron chi connectivity index (χ1n) is 10.5. The van der Waals surface area contributed by atoms with Crippen molar-refractivity contribution in [2.45, 2.75) is 104 Å². The highest BCUT2D eigenvalue weighted by Gasteiger charge is 2.28. The van der Waals surface area contributed by atoms with E-state index in [1.807, 2.05) is 0 Å². The molecule has 0 aromatic rings. The monoisotopic (exact) mass is 333 g/mol. The van der Waals surface area contributed by atoms with Gasteiger partial charge in [-0.25, -0.2) is 0 Å². The zero-order chi connectivity index (χ0) is 17.8. The highest BCUT2D eigenvalue weighted by molar-refractivity contribution is 5.62. The van der Waals surface area contributed by atoms with Gasteiger partial charge in [0.25, 0.3) is 0 Å². The highest BCUT2D eigenvalue weighted by Crippen LogP contribution is 2.39. The molecule has 0 aromatic heterocycles.